The third-order valence-electron chi connectivity index (χ3n) is 3.09. The van der Waals surface area contributed by atoms with Gasteiger partial charge in [0.2, 0.25) is 0 Å². The SMILES string of the molecule is CCC(C)OC(=O)C(CCC(=O)O)NC(=O)c1ccc(Br)cn1. The van der Waals surface area contributed by atoms with Crippen molar-refractivity contribution in [3.05, 3.63) is 28.5 Å². The molecule has 0 saturated heterocycles. The third-order valence-corrected chi connectivity index (χ3v) is 3.56. The second-order valence-corrected chi connectivity index (χ2v) is 5.89. The minimum Gasteiger partial charge on any atom is -0.481 e. The van der Waals surface area contributed by atoms with Crippen LogP contribution in [0.1, 0.15) is 43.6 Å². The number of carboxylic acid groups (broad SMARTS) is 1. The van der Waals surface area contributed by atoms with Crippen molar-refractivity contribution in [2.75, 3.05) is 0 Å². The fraction of sp³-hybridized carbons (Fsp3) is 0.467. The topological polar surface area (TPSA) is 106 Å². The second-order valence-electron chi connectivity index (χ2n) is 4.98. The van der Waals surface area contributed by atoms with E-state index >= 15 is 0 Å². The fourth-order valence-electron chi connectivity index (χ4n) is 1.62. The smallest absolute Gasteiger partial charge is 0.328 e. The summed E-state index contributed by atoms with van der Waals surface area (Å²) in [6, 6.07) is 2.11. The molecule has 23 heavy (non-hydrogen) atoms. The molecule has 0 aliphatic heterocycles. The number of hydrogen-bond acceptors (Lipinski definition) is 5. The molecule has 1 rings (SSSR count). The lowest BCUT2D eigenvalue weighted by Crippen LogP contribution is -2.43. The first-order chi connectivity index (χ1) is 10.8. The van der Waals surface area contributed by atoms with Gasteiger partial charge in [0, 0.05) is 17.1 Å². The summed E-state index contributed by atoms with van der Waals surface area (Å²) in [4.78, 5) is 38.9. The maximum absolute atomic E-state index is 12.1. The standard InChI is InChI=1S/C15H19BrN2O5/c1-3-9(2)23-15(22)12(6-7-13(19)20)18-14(21)11-5-4-10(16)8-17-11/h4-5,8-9,12H,3,6-7H2,1-2H3,(H,18,21)(H,19,20). The number of halogens is 1. The molecule has 0 radical (unpaired) electrons. The first kappa shape index (κ1) is 19.1. The zero-order valence-corrected chi connectivity index (χ0v) is 14.5. The Morgan fingerprint density at radius 2 is 2.09 bits per heavy atom. The molecule has 0 saturated carbocycles. The van der Waals surface area contributed by atoms with Crippen LogP contribution in [0.2, 0.25) is 0 Å². The lowest BCUT2D eigenvalue weighted by Gasteiger charge is -2.19. The molecule has 0 bridgehead atoms. The van der Waals surface area contributed by atoms with Crippen molar-refractivity contribution >= 4 is 33.8 Å². The number of hydrogen-bond donors (Lipinski definition) is 2. The number of carbonyl (C=O) groups is 3. The van der Waals surface area contributed by atoms with E-state index in [1.807, 2.05) is 6.92 Å². The number of ether oxygens (including phenoxy) is 1. The van der Waals surface area contributed by atoms with Gasteiger partial charge in [-0.25, -0.2) is 9.78 Å². The predicted molar refractivity (Wildman–Crippen MR) is 85.9 cm³/mol. The van der Waals surface area contributed by atoms with E-state index in [1.54, 1.807) is 13.0 Å². The van der Waals surface area contributed by atoms with Crippen molar-refractivity contribution in [1.29, 1.82) is 0 Å². The van der Waals surface area contributed by atoms with Crippen molar-refractivity contribution in [2.24, 2.45) is 0 Å². The van der Waals surface area contributed by atoms with Gasteiger partial charge >= 0.3 is 11.9 Å². The first-order valence-electron chi connectivity index (χ1n) is 7.18. The quantitative estimate of drug-likeness (QED) is 0.663. The lowest BCUT2D eigenvalue weighted by atomic mass is 10.1. The Hall–Kier alpha value is -1.96. The highest BCUT2D eigenvalue weighted by Gasteiger charge is 2.25. The molecule has 2 unspecified atom stereocenters. The zero-order valence-electron chi connectivity index (χ0n) is 12.9. The number of nitrogens with zero attached hydrogens (tertiary/aromatic N) is 1. The van der Waals surface area contributed by atoms with Gasteiger partial charge in [0.1, 0.15) is 11.7 Å². The summed E-state index contributed by atoms with van der Waals surface area (Å²) in [6.07, 6.45) is 1.47. The number of carbonyl (C=O) groups excluding carboxylic acids is 2. The Labute approximate surface area is 142 Å². The van der Waals surface area contributed by atoms with Crippen LogP contribution in [0.15, 0.2) is 22.8 Å². The Bertz CT molecular complexity index is 561. The second kappa shape index (κ2) is 9.24. The van der Waals surface area contributed by atoms with Crippen LogP contribution in [-0.2, 0) is 14.3 Å². The largest absolute Gasteiger partial charge is 0.481 e. The Morgan fingerprint density at radius 1 is 1.39 bits per heavy atom. The zero-order chi connectivity index (χ0) is 17.4. The molecule has 7 nitrogen and oxygen atoms in total. The number of nitrogens with one attached hydrogen (secondary N) is 1. The van der Waals surface area contributed by atoms with E-state index in [2.05, 4.69) is 26.2 Å². The average Bonchev–Trinajstić information content (AvgIpc) is 2.51. The molecule has 0 fully saturated rings. The van der Waals surface area contributed by atoms with E-state index in [9.17, 15) is 14.4 Å². The monoisotopic (exact) mass is 386 g/mol. The molecular formula is C15H19BrN2O5. The van der Waals surface area contributed by atoms with Crippen molar-refractivity contribution in [3.63, 3.8) is 0 Å². The maximum Gasteiger partial charge on any atom is 0.328 e. The normalized spacial score (nSPS) is 13.0. The van der Waals surface area contributed by atoms with Crippen LogP contribution in [0.25, 0.3) is 0 Å². The highest BCUT2D eigenvalue weighted by Crippen LogP contribution is 2.09. The number of esters is 1. The number of aliphatic carboxylic acids is 1. The first-order valence-corrected chi connectivity index (χ1v) is 7.97. The summed E-state index contributed by atoms with van der Waals surface area (Å²) in [6.45, 7) is 3.58. The van der Waals surface area contributed by atoms with Gasteiger partial charge in [-0.05, 0) is 47.8 Å². The van der Waals surface area contributed by atoms with Crippen LogP contribution >= 0.6 is 15.9 Å². The van der Waals surface area contributed by atoms with E-state index in [-0.39, 0.29) is 24.6 Å². The molecule has 1 aromatic rings. The summed E-state index contributed by atoms with van der Waals surface area (Å²) in [5.41, 5.74) is 0.130. The Morgan fingerprint density at radius 3 is 2.61 bits per heavy atom. The number of amides is 1. The predicted octanol–water partition coefficient (Wildman–Crippen LogP) is 2.15. The molecule has 1 aromatic heterocycles. The van der Waals surface area contributed by atoms with Gasteiger partial charge in [0.05, 0.1) is 6.10 Å². The molecule has 2 N–H and O–H groups in total. The van der Waals surface area contributed by atoms with Gasteiger partial charge < -0.3 is 15.2 Å². The minimum atomic E-state index is -1.05. The Kier molecular flexibility index (Phi) is 7.67. The molecular weight excluding hydrogens is 368 g/mol. The minimum absolute atomic E-state index is 0.0487. The number of carboxylic acids is 1. The summed E-state index contributed by atoms with van der Waals surface area (Å²) < 4.78 is 5.89. The van der Waals surface area contributed by atoms with Gasteiger partial charge in [-0.3, -0.25) is 9.59 Å². The van der Waals surface area contributed by atoms with Gasteiger partial charge in [0.25, 0.3) is 5.91 Å². The molecule has 126 valence electrons. The maximum atomic E-state index is 12.1. The molecule has 8 heteroatoms. The number of pyridine rings is 1. The molecule has 1 amide bonds. The third kappa shape index (κ3) is 6.77. The average molecular weight is 387 g/mol. The molecule has 0 aliphatic carbocycles. The van der Waals surface area contributed by atoms with E-state index in [0.717, 1.165) is 0 Å². The van der Waals surface area contributed by atoms with Gasteiger partial charge in [0.15, 0.2) is 0 Å². The van der Waals surface area contributed by atoms with E-state index in [4.69, 9.17) is 9.84 Å². The van der Waals surface area contributed by atoms with Gasteiger partial charge in [-0.2, -0.15) is 0 Å². The van der Waals surface area contributed by atoms with Crippen LogP contribution in [0, 0.1) is 0 Å². The lowest BCUT2D eigenvalue weighted by molar-refractivity contribution is -0.151. The molecule has 0 aliphatic rings. The molecule has 0 aromatic carbocycles. The summed E-state index contributed by atoms with van der Waals surface area (Å²) >= 11 is 3.21. The van der Waals surface area contributed by atoms with Crippen LogP contribution in [-0.4, -0.2) is 40.1 Å². The highest BCUT2D eigenvalue weighted by molar-refractivity contribution is 9.10. The van der Waals surface area contributed by atoms with Crippen molar-refractivity contribution in [2.45, 2.75) is 45.3 Å². The van der Waals surface area contributed by atoms with E-state index < -0.39 is 23.9 Å². The number of rotatable bonds is 8. The number of aromatic nitrogens is 1. The van der Waals surface area contributed by atoms with Crippen LogP contribution in [0.5, 0.6) is 0 Å². The summed E-state index contributed by atoms with van der Waals surface area (Å²) in [5, 5.41) is 11.3. The fourth-order valence-corrected chi connectivity index (χ4v) is 1.86. The Balaban J connectivity index is 2.78. The van der Waals surface area contributed by atoms with E-state index in [0.29, 0.717) is 10.9 Å². The molecule has 2 atom stereocenters. The molecule has 0 spiro atoms. The van der Waals surface area contributed by atoms with Crippen LogP contribution < -0.4 is 5.32 Å². The summed E-state index contributed by atoms with van der Waals surface area (Å²) in [7, 11) is 0. The van der Waals surface area contributed by atoms with Gasteiger partial charge in [-0.15, -0.1) is 0 Å². The van der Waals surface area contributed by atoms with Crippen LogP contribution in [0.4, 0.5) is 0 Å². The highest BCUT2D eigenvalue weighted by atomic mass is 79.9. The molecule has 1 heterocycles. The summed E-state index contributed by atoms with van der Waals surface area (Å²) in [5.74, 6) is -2.26. The van der Waals surface area contributed by atoms with Crippen LogP contribution in [0.3, 0.4) is 0 Å². The van der Waals surface area contributed by atoms with Crippen molar-refractivity contribution < 1.29 is 24.2 Å². The van der Waals surface area contributed by atoms with E-state index in [1.165, 1.54) is 12.3 Å². The van der Waals surface area contributed by atoms with Crippen molar-refractivity contribution in [1.82, 2.24) is 10.3 Å². The van der Waals surface area contributed by atoms with Crippen molar-refractivity contribution in [3.8, 4) is 0 Å². The van der Waals surface area contributed by atoms with Gasteiger partial charge in [-0.1, -0.05) is 6.92 Å².